The maximum Gasteiger partial charge on any atom is 0.178 e. The minimum Gasteiger partial charge on any atom is -0.348 e. The zero-order valence-electron chi connectivity index (χ0n) is 11.0. The van der Waals surface area contributed by atoms with Crippen LogP contribution in [0.2, 0.25) is 0 Å². The van der Waals surface area contributed by atoms with Crippen molar-refractivity contribution in [2.45, 2.75) is 6.23 Å². The molecule has 4 nitrogen and oxygen atoms in total. The predicted octanol–water partition coefficient (Wildman–Crippen LogP) is 3.18. The van der Waals surface area contributed by atoms with Crippen LogP contribution in [-0.4, -0.2) is 21.6 Å². The maximum atomic E-state index is 5.87. The van der Waals surface area contributed by atoms with Crippen LogP contribution in [0, 0.1) is 0 Å². The van der Waals surface area contributed by atoms with E-state index in [9.17, 15) is 0 Å². The van der Waals surface area contributed by atoms with Gasteiger partial charge in [0, 0.05) is 5.56 Å². The van der Waals surface area contributed by atoms with Crippen molar-refractivity contribution in [2.24, 2.45) is 0 Å². The highest BCUT2D eigenvalue weighted by atomic mass is 16.5. The monoisotopic (exact) mass is 265 g/mol. The molecule has 0 aliphatic carbocycles. The van der Waals surface area contributed by atoms with Crippen molar-refractivity contribution < 1.29 is 4.74 Å². The fourth-order valence-corrected chi connectivity index (χ4v) is 2.15. The minimum absolute atomic E-state index is 0.304. The van der Waals surface area contributed by atoms with Crippen molar-refractivity contribution in [3.63, 3.8) is 0 Å². The maximum absolute atomic E-state index is 5.87. The van der Waals surface area contributed by atoms with Crippen molar-refractivity contribution in [1.82, 2.24) is 15.0 Å². The number of nitrogens with zero attached hydrogens (tertiary/aromatic N) is 3. The molecule has 0 radical (unpaired) electrons. The van der Waals surface area contributed by atoms with E-state index in [1.807, 2.05) is 54.6 Å². The number of benzene rings is 2. The third-order valence-electron chi connectivity index (χ3n) is 3.06. The quantitative estimate of drug-likeness (QED) is 0.665. The molecule has 20 heavy (non-hydrogen) atoms. The number of hydrogen-bond donors (Lipinski definition) is 0. The Balaban J connectivity index is 2.07. The summed E-state index contributed by atoms with van der Waals surface area (Å²) in [5.41, 5.74) is 2.84. The van der Waals surface area contributed by atoms with Gasteiger partial charge in [-0.25, -0.2) is 4.68 Å². The van der Waals surface area contributed by atoms with Crippen LogP contribution in [-0.2, 0) is 4.74 Å². The molecule has 0 bridgehead atoms. The van der Waals surface area contributed by atoms with Crippen molar-refractivity contribution in [2.75, 3.05) is 6.61 Å². The van der Waals surface area contributed by atoms with Crippen LogP contribution in [0.4, 0.5) is 0 Å². The van der Waals surface area contributed by atoms with E-state index >= 15 is 0 Å². The van der Waals surface area contributed by atoms with Crippen molar-refractivity contribution >= 4 is 11.0 Å². The van der Waals surface area contributed by atoms with Gasteiger partial charge in [0.05, 0.1) is 12.1 Å². The van der Waals surface area contributed by atoms with Gasteiger partial charge in [-0.3, -0.25) is 0 Å². The summed E-state index contributed by atoms with van der Waals surface area (Å²) in [7, 11) is 0. The molecule has 0 fully saturated rings. The number of fused-ring (bicyclic) bond motifs is 1. The van der Waals surface area contributed by atoms with E-state index in [0.29, 0.717) is 6.61 Å². The van der Waals surface area contributed by atoms with E-state index in [-0.39, 0.29) is 6.23 Å². The normalized spacial score (nSPS) is 12.4. The average Bonchev–Trinajstić information content (AvgIpc) is 2.93. The third-order valence-corrected chi connectivity index (χ3v) is 3.06. The summed E-state index contributed by atoms with van der Waals surface area (Å²) in [6, 6.07) is 17.8. The molecule has 0 amide bonds. The van der Waals surface area contributed by atoms with E-state index in [2.05, 4.69) is 16.9 Å². The van der Waals surface area contributed by atoms with E-state index in [1.54, 1.807) is 10.8 Å². The van der Waals surface area contributed by atoms with Crippen LogP contribution in [0.25, 0.3) is 11.0 Å². The lowest BCUT2D eigenvalue weighted by atomic mass is 10.2. The first-order valence-electron chi connectivity index (χ1n) is 6.47. The molecule has 0 saturated carbocycles. The Kier molecular flexibility index (Phi) is 3.56. The highest BCUT2D eigenvalue weighted by molar-refractivity contribution is 5.74. The van der Waals surface area contributed by atoms with Crippen LogP contribution in [0.1, 0.15) is 11.8 Å². The highest BCUT2D eigenvalue weighted by Gasteiger charge is 2.17. The first-order valence-corrected chi connectivity index (χ1v) is 6.47. The minimum atomic E-state index is -0.304. The van der Waals surface area contributed by atoms with Gasteiger partial charge in [-0.15, -0.1) is 11.7 Å². The van der Waals surface area contributed by atoms with Gasteiger partial charge in [-0.2, -0.15) is 0 Å². The van der Waals surface area contributed by atoms with Gasteiger partial charge < -0.3 is 4.74 Å². The first kappa shape index (κ1) is 12.6. The molecule has 3 aromatic rings. The molecule has 1 atom stereocenters. The van der Waals surface area contributed by atoms with E-state index < -0.39 is 0 Å². The fraction of sp³-hybridized carbons (Fsp3) is 0.125. The van der Waals surface area contributed by atoms with Crippen LogP contribution < -0.4 is 0 Å². The molecule has 1 unspecified atom stereocenters. The van der Waals surface area contributed by atoms with Gasteiger partial charge in [-0.1, -0.05) is 53.8 Å². The number of aromatic nitrogens is 3. The number of hydrogen-bond acceptors (Lipinski definition) is 3. The summed E-state index contributed by atoms with van der Waals surface area (Å²) in [6.07, 6.45) is 1.43. The Morgan fingerprint density at radius 3 is 2.65 bits per heavy atom. The molecule has 2 aromatic carbocycles. The topological polar surface area (TPSA) is 39.9 Å². The molecule has 0 aliphatic rings. The number of ether oxygens (including phenoxy) is 1. The zero-order valence-corrected chi connectivity index (χ0v) is 11.0. The molecular weight excluding hydrogens is 250 g/mol. The van der Waals surface area contributed by atoms with E-state index in [0.717, 1.165) is 16.6 Å². The van der Waals surface area contributed by atoms with Crippen LogP contribution >= 0.6 is 0 Å². The molecule has 4 heteroatoms. The second-order valence-corrected chi connectivity index (χ2v) is 4.41. The van der Waals surface area contributed by atoms with Gasteiger partial charge >= 0.3 is 0 Å². The lowest BCUT2D eigenvalue weighted by Gasteiger charge is -2.18. The third kappa shape index (κ3) is 2.33. The standard InChI is InChI=1S/C16H15N3O/c1-2-12-20-16(13-8-4-3-5-9-13)19-15-11-7-6-10-14(15)17-18-19/h2-11,16H,1,12H2. The Morgan fingerprint density at radius 2 is 1.85 bits per heavy atom. The Hall–Kier alpha value is -2.46. The number of para-hydroxylation sites is 1. The molecule has 3 rings (SSSR count). The summed E-state index contributed by atoms with van der Waals surface area (Å²) in [6.45, 7) is 4.15. The predicted molar refractivity (Wildman–Crippen MR) is 78.3 cm³/mol. The highest BCUT2D eigenvalue weighted by Crippen LogP contribution is 2.23. The van der Waals surface area contributed by atoms with E-state index in [4.69, 9.17) is 4.74 Å². The lowest BCUT2D eigenvalue weighted by Crippen LogP contribution is -2.16. The molecule has 100 valence electrons. The van der Waals surface area contributed by atoms with Gasteiger partial charge in [0.2, 0.25) is 0 Å². The molecule has 0 spiro atoms. The second-order valence-electron chi connectivity index (χ2n) is 4.41. The SMILES string of the molecule is C=CCOC(c1ccccc1)n1nnc2ccccc21. The number of rotatable bonds is 5. The Morgan fingerprint density at radius 1 is 1.10 bits per heavy atom. The smallest absolute Gasteiger partial charge is 0.178 e. The summed E-state index contributed by atoms with van der Waals surface area (Å²) in [5, 5.41) is 8.41. The molecule has 0 saturated heterocycles. The van der Waals surface area contributed by atoms with Crippen LogP contribution in [0.15, 0.2) is 67.3 Å². The molecule has 0 N–H and O–H groups in total. The largest absolute Gasteiger partial charge is 0.348 e. The van der Waals surface area contributed by atoms with E-state index in [1.165, 1.54) is 0 Å². The van der Waals surface area contributed by atoms with Crippen LogP contribution in [0.3, 0.4) is 0 Å². The lowest BCUT2D eigenvalue weighted by molar-refractivity contribution is 0.0444. The van der Waals surface area contributed by atoms with Crippen molar-refractivity contribution in [3.8, 4) is 0 Å². The van der Waals surface area contributed by atoms with Gasteiger partial charge in [0.25, 0.3) is 0 Å². The molecule has 0 aliphatic heterocycles. The summed E-state index contributed by atoms with van der Waals surface area (Å²) < 4.78 is 7.67. The Bertz CT molecular complexity index is 706. The first-order chi connectivity index (χ1) is 9.90. The molecule has 1 aromatic heterocycles. The van der Waals surface area contributed by atoms with Crippen molar-refractivity contribution in [3.05, 3.63) is 72.8 Å². The Labute approximate surface area is 117 Å². The average molecular weight is 265 g/mol. The van der Waals surface area contributed by atoms with Crippen molar-refractivity contribution in [1.29, 1.82) is 0 Å². The molecular formula is C16H15N3O. The van der Waals surface area contributed by atoms with Gasteiger partial charge in [-0.05, 0) is 12.1 Å². The van der Waals surface area contributed by atoms with Gasteiger partial charge in [0.15, 0.2) is 6.23 Å². The molecule has 1 heterocycles. The fourth-order valence-electron chi connectivity index (χ4n) is 2.15. The zero-order chi connectivity index (χ0) is 13.8. The second kappa shape index (κ2) is 5.67. The van der Waals surface area contributed by atoms with Gasteiger partial charge in [0.1, 0.15) is 5.52 Å². The summed E-state index contributed by atoms with van der Waals surface area (Å²) in [4.78, 5) is 0. The van der Waals surface area contributed by atoms with Crippen LogP contribution in [0.5, 0.6) is 0 Å². The summed E-state index contributed by atoms with van der Waals surface area (Å²) >= 11 is 0. The summed E-state index contributed by atoms with van der Waals surface area (Å²) in [5.74, 6) is 0.